The van der Waals surface area contributed by atoms with E-state index in [-0.39, 0.29) is 11.9 Å². The van der Waals surface area contributed by atoms with Crippen LogP contribution in [0.25, 0.3) is 0 Å². The molecule has 1 saturated heterocycles. The third kappa shape index (κ3) is 1.15. The smallest absolute Gasteiger partial charge is 0.243 e. The Morgan fingerprint density at radius 3 is 3.09 bits per heavy atom. The summed E-state index contributed by atoms with van der Waals surface area (Å²) in [4.78, 5) is 12.2. The van der Waals surface area contributed by atoms with Gasteiger partial charge in [-0.25, -0.2) is 0 Å². The molecule has 2 heterocycles. The number of hydrogen-bond acceptors (Lipinski definition) is 3. The maximum Gasteiger partial charge on any atom is 0.243 e. The first-order valence-corrected chi connectivity index (χ1v) is 4.30. The summed E-state index contributed by atoms with van der Waals surface area (Å²) in [5.41, 5.74) is 0. The van der Waals surface area contributed by atoms with Crippen molar-refractivity contribution < 1.29 is 4.79 Å². The Morgan fingerprint density at radius 2 is 2.55 bits per heavy atom. The van der Waals surface area contributed by atoms with Gasteiger partial charge in [0.05, 0.1) is 6.67 Å². The van der Waals surface area contributed by atoms with Gasteiger partial charge in [0.2, 0.25) is 5.91 Å². The lowest BCUT2D eigenvalue weighted by atomic mass is 10.2. The quantitative estimate of drug-likeness (QED) is 0.640. The summed E-state index contributed by atoms with van der Waals surface area (Å²) in [7, 11) is 0. The maximum absolute atomic E-state index is 11.1. The van der Waals surface area contributed by atoms with Gasteiger partial charge in [-0.1, -0.05) is 6.07 Å². The van der Waals surface area contributed by atoms with Crippen LogP contribution in [0.1, 0.15) is 10.9 Å². The molecular weight excluding hydrogens is 160 g/mol. The molecule has 0 radical (unpaired) electrons. The summed E-state index contributed by atoms with van der Waals surface area (Å²) in [6.07, 6.45) is 0. The molecule has 1 aromatic rings. The minimum Gasteiger partial charge on any atom is -0.342 e. The van der Waals surface area contributed by atoms with Crippen LogP contribution in [0.5, 0.6) is 0 Å². The highest BCUT2D eigenvalue weighted by Crippen LogP contribution is 2.20. The van der Waals surface area contributed by atoms with Crippen molar-refractivity contribution in [1.29, 1.82) is 0 Å². The molecule has 0 aliphatic carbocycles. The van der Waals surface area contributed by atoms with Gasteiger partial charge in [-0.3, -0.25) is 10.1 Å². The van der Waals surface area contributed by atoms with Crippen molar-refractivity contribution in [3.05, 3.63) is 22.4 Å². The van der Waals surface area contributed by atoms with Crippen LogP contribution in [0.4, 0.5) is 0 Å². The molecule has 58 valence electrons. The number of hydrogen-bond donors (Lipinski definition) is 2. The molecule has 1 aliphatic heterocycles. The van der Waals surface area contributed by atoms with E-state index < -0.39 is 0 Å². The van der Waals surface area contributed by atoms with Crippen molar-refractivity contribution in [2.45, 2.75) is 6.04 Å². The van der Waals surface area contributed by atoms with Crippen LogP contribution in [0.15, 0.2) is 17.5 Å². The summed E-state index contributed by atoms with van der Waals surface area (Å²) in [6, 6.07) is 3.80. The van der Waals surface area contributed by atoms with Crippen LogP contribution in [-0.2, 0) is 4.79 Å². The van der Waals surface area contributed by atoms with Crippen molar-refractivity contribution >= 4 is 17.2 Å². The first kappa shape index (κ1) is 6.82. The van der Waals surface area contributed by atoms with Crippen LogP contribution >= 0.6 is 11.3 Å². The molecule has 1 aliphatic rings. The summed E-state index contributed by atoms with van der Waals surface area (Å²) in [5.74, 6) is 0.0763. The molecule has 1 fully saturated rings. The van der Waals surface area contributed by atoms with Gasteiger partial charge in [-0.15, -0.1) is 11.3 Å². The fourth-order valence-electron chi connectivity index (χ4n) is 1.12. The van der Waals surface area contributed by atoms with E-state index in [9.17, 15) is 4.79 Å². The minimum absolute atomic E-state index is 0.0763. The van der Waals surface area contributed by atoms with Crippen LogP contribution in [-0.4, -0.2) is 12.6 Å². The molecule has 0 aromatic carbocycles. The van der Waals surface area contributed by atoms with E-state index in [1.165, 1.54) is 0 Å². The molecule has 1 amide bonds. The number of rotatable bonds is 1. The third-order valence-electron chi connectivity index (χ3n) is 1.66. The summed E-state index contributed by atoms with van der Waals surface area (Å²) >= 11 is 1.60. The van der Waals surface area contributed by atoms with E-state index in [1.54, 1.807) is 11.3 Å². The van der Waals surface area contributed by atoms with Crippen molar-refractivity contribution in [3.8, 4) is 0 Å². The highest BCUT2D eigenvalue weighted by molar-refractivity contribution is 7.10. The predicted octanol–water partition coefficient (Wildman–Crippen LogP) is 0.466. The van der Waals surface area contributed by atoms with Gasteiger partial charge in [-0.05, 0) is 11.4 Å². The maximum atomic E-state index is 11.1. The van der Waals surface area contributed by atoms with E-state index in [2.05, 4.69) is 10.6 Å². The van der Waals surface area contributed by atoms with E-state index in [0.717, 1.165) is 4.88 Å². The van der Waals surface area contributed by atoms with Crippen molar-refractivity contribution in [3.63, 3.8) is 0 Å². The highest BCUT2D eigenvalue weighted by Gasteiger charge is 2.25. The van der Waals surface area contributed by atoms with E-state index in [1.807, 2.05) is 17.5 Å². The van der Waals surface area contributed by atoms with Crippen LogP contribution < -0.4 is 10.6 Å². The molecule has 1 atom stereocenters. The number of nitrogens with one attached hydrogen (secondary N) is 2. The zero-order valence-corrected chi connectivity index (χ0v) is 6.65. The minimum atomic E-state index is -0.116. The van der Waals surface area contributed by atoms with Crippen molar-refractivity contribution in [2.24, 2.45) is 0 Å². The number of thiophene rings is 1. The van der Waals surface area contributed by atoms with E-state index >= 15 is 0 Å². The normalized spacial score (nSPS) is 23.6. The number of carbonyl (C=O) groups is 1. The van der Waals surface area contributed by atoms with Crippen molar-refractivity contribution in [2.75, 3.05) is 6.67 Å². The summed E-state index contributed by atoms with van der Waals surface area (Å²) < 4.78 is 0. The van der Waals surface area contributed by atoms with Crippen LogP contribution in [0, 0.1) is 0 Å². The molecule has 0 bridgehead atoms. The van der Waals surface area contributed by atoms with Gasteiger partial charge < -0.3 is 5.32 Å². The average molecular weight is 168 g/mol. The van der Waals surface area contributed by atoms with Gasteiger partial charge in [0, 0.05) is 4.88 Å². The molecule has 1 unspecified atom stereocenters. The standard InChI is InChI=1S/C7H8N2OS/c10-7-6(8-4-9-7)5-2-1-3-11-5/h1-3,6,8H,4H2,(H,9,10). The van der Waals surface area contributed by atoms with Gasteiger partial charge in [-0.2, -0.15) is 0 Å². The highest BCUT2D eigenvalue weighted by atomic mass is 32.1. The zero-order chi connectivity index (χ0) is 7.68. The second kappa shape index (κ2) is 2.64. The fourth-order valence-corrected chi connectivity index (χ4v) is 1.92. The monoisotopic (exact) mass is 168 g/mol. The molecule has 4 heteroatoms. The topological polar surface area (TPSA) is 41.1 Å². The van der Waals surface area contributed by atoms with Crippen molar-refractivity contribution in [1.82, 2.24) is 10.6 Å². The molecule has 11 heavy (non-hydrogen) atoms. The molecule has 2 N–H and O–H groups in total. The first-order valence-electron chi connectivity index (χ1n) is 3.42. The second-order valence-corrected chi connectivity index (χ2v) is 3.35. The first-order chi connectivity index (χ1) is 5.38. The van der Waals surface area contributed by atoms with Crippen LogP contribution in [0.2, 0.25) is 0 Å². The Kier molecular flexibility index (Phi) is 1.63. The SMILES string of the molecule is O=C1NCNC1c1cccs1. The lowest BCUT2D eigenvalue weighted by Crippen LogP contribution is -2.17. The predicted molar refractivity (Wildman–Crippen MR) is 43.2 cm³/mol. The Balaban J connectivity index is 2.23. The lowest BCUT2D eigenvalue weighted by molar-refractivity contribution is -0.120. The largest absolute Gasteiger partial charge is 0.342 e. The summed E-state index contributed by atoms with van der Waals surface area (Å²) in [6.45, 7) is 0.585. The summed E-state index contributed by atoms with van der Waals surface area (Å²) in [5, 5.41) is 7.75. The van der Waals surface area contributed by atoms with Gasteiger partial charge in [0.25, 0.3) is 0 Å². The van der Waals surface area contributed by atoms with E-state index in [0.29, 0.717) is 6.67 Å². The molecule has 0 saturated carbocycles. The fraction of sp³-hybridized carbons (Fsp3) is 0.286. The Morgan fingerprint density at radius 1 is 1.64 bits per heavy atom. The number of amides is 1. The van der Waals surface area contributed by atoms with Crippen LogP contribution in [0.3, 0.4) is 0 Å². The van der Waals surface area contributed by atoms with E-state index in [4.69, 9.17) is 0 Å². The third-order valence-corrected chi connectivity index (χ3v) is 2.60. The Hall–Kier alpha value is -0.870. The molecular formula is C7H8N2OS. The average Bonchev–Trinajstić information content (AvgIpc) is 2.55. The molecule has 2 rings (SSSR count). The molecule has 1 aromatic heterocycles. The molecule has 3 nitrogen and oxygen atoms in total. The number of carbonyl (C=O) groups excluding carboxylic acids is 1. The Labute approximate surface area is 68.4 Å². The van der Waals surface area contributed by atoms with Gasteiger partial charge in [0.1, 0.15) is 6.04 Å². The Bertz CT molecular complexity index is 257. The van der Waals surface area contributed by atoms with Gasteiger partial charge >= 0.3 is 0 Å². The zero-order valence-electron chi connectivity index (χ0n) is 5.83. The second-order valence-electron chi connectivity index (χ2n) is 2.37. The van der Waals surface area contributed by atoms with Gasteiger partial charge in [0.15, 0.2) is 0 Å². The molecule has 0 spiro atoms. The lowest BCUT2D eigenvalue weighted by Gasteiger charge is -2.01.